The molecule has 3 aliphatic rings. The van der Waals surface area contributed by atoms with Crippen LogP contribution >= 0.6 is 0 Å². The lowest BCUT2D eigenvalue weighted by molar-refractivity contribution is -0.109. The molecule has 1 aromatic rings. The van der Waals surface area contributed by atoms with Crippen LogP contribution in [0.3, 0.4) is 0 Å². The van der Waals surface area contributed by atoms with Crippen LogP contribution in [0.15, 0.2) is 18.2 Å². The Morgan fingerprint density at radius 2 is 1.54 bits per heavy atom. The Morgan fingerprint density at radius 3 is 2.13 bits per heavy atom. The van der Waals surface area contributed by atoms with E-state index in [2.05, 4.69) is 4.90 Å². The number of rotatable bonds is 6. The Hall–Kier alpha value is -2.72. The van der Waals surface area contributed by atoms with Crippen LogP contribution in [0.1, 0.15) is 85.1 Å². The van der Waals surface area contributed by atoms with Crippen molar-refractivity contribution in [1.82, 2.24) is 9.80 Å². The van der Waals surface area contributed by atoms with Crippen molar-refractivity contribution in [3.8, 4) is 0 Å². The number of likely N-dealkylation sites (tertiary alicyclic amines) is 2. The molecule has 2 aliphatic heterocycles. The molecule has 1 saturated carbocycles. The summed E-state index contributed by atoms with van der Waals surface area (Å²) in [5.74, 6) is -1.65. The molecule has 1 aromatic carbocycles. The number of alkyl halides is 1. The number of amides is 1. The molecule has 2 atom stereocenters. The summed E-state index contributed by atoms with van der Waals surface area (Å²) in [6, 6.07) is 5.07. The quantitative estimate of drug-likeness (QED) is 0.383. The molecule has 2 heterocycles. The predicted molar refractivity (Wildman–Crippen MR) is 142 cm³/mol. The van der Waals surface area contributed by atoms with Crippen LogP contribution in [0, 0.1) is 0 Å². The molecule has 3 fully saturated rings. The standard InChI is InChI=1S/C29H41FN2O7/c1-29(2,3)39-28(35)31-11-8-20(9-12-31)38-21-15-19(16-21)32-13-10-22(25(30)17-32)18-6-7-23(26(33)36-4)24(14-18)27(34)37-5/h6-7,14,19-22,25H,8-13,15-17H2,1-5H3/t19-,21-,22-,25-/m0/s1. The van der Waals surface area contributed by atoms with Gasteiger partial charge in [0.25, 0.3) is 0 Å². The van der Waals surface area contributed by atoms with Crippen LogP contribution in [0.25, 0.3) is 0 Å². The summed E-state index contributed by atoms with van der Waals surface area (Å²) in [5.41, 5.74) is 0.381. The van der Waals surface area contributed by atoms with Crippen LogP contribution in [-0.4, -0.2) is 98.3 Å². The Labute approximate surface area is 229 Å². The maximum Gasteiger partial charge on any atom is 0.410 e. The third-order valence-corrected chi connectivity index (χ3v) is 7.92. The summed E-state index contributed by atoms with van der Waals surface area (Å²) in [6.07, 6.45) is 2.89. The fraction of sp³-hybridized carbons (Fsp3) is 0.690. The highest BCUT2D eigenvalue weighted by atomic mass is 19.1. The molecule has 0 spiro atoms. The maximum atomic E-state index is 15.4. The van der Waals surface area contributed by atoms with Gasteiger partial charge in [0.2, 0.25) is 0 Å². The average Bonchev–Trinajstić information content (AvgIpc) is 2.88. The zero-order valence-corrected chi connectivity index (χ0v) is 23.6. The summed E-state index contributed by atoms with van der Waals surface area (Å²) < 4.78 is 36.7. The highest BCUT2D eigenvalue weighted by Crippen LogP contribution is 2.37. The Balaban J connectivity index is 1.24. The number of methoxy groups -OCH3 is 2. The van der Waals surface area contributed by atoms with E-state index in [9.17, 15) is 14.4 Å². The number of hydrogen-bond acceptors (Lipinski definition) is 8. The van der Waals surface area contributed by atoms with E-state index in [4.69, 9.17) is 18.9 Å². The molecule has 0 aromatic heterocycles. The number of piperidine rings is 2. The first kappa shape index (κ1) is 29.3. The van der Waals surface area contributed by atoms with Crippen molar-refractivity contribution in [1.29, 1.82) is 0 Å². The second kappa shape index (κ2) is 12.2. The molecule has 2 saturated heterocycles. The number of hydrogen-bond donors (Lipinski definition) is 0. The van der Waals surface area contributed by atoms with Crippen molar-refractivity contribution in [2.45, 2.75) is 88.8 Å². The average molecular weight is 549 g/mol. The molecule has 1 aliphatic carbocycles. The van der Waals surface area contributed by atoms with E-state index in [1.807, 2.05) is 20.8 Å². The van der Waals surface area contributed by atoms with Gasteiger partial charge in [-0.25, -0.2) is 18.8 Å². The molecule has 39 heavy (non-hydrogen) atoms. The van der Waals surface area contributed by atoms with Gasteiger partial charge in [0.15, 0.2) is 0 Å². The minimum absolute atomic E-state index is 0.0902. The van der Waals surface area contributed by atoms with Gasteiger partial charge in [0.1, 0.15) is 11.8 Å². The molecule has 0 radical (unpaired) electrons. The topological polar surface area (TPSA) is 94.6 Å². The van der Waals surface area contributed by atoms with Crippen LogP contribution in [0.2, 0.25) is 0 Å². The van der Waals surface area contributed by atoms with Gasteiger partial charge in [-0.05, 0) is 77.1 Å². The Morgan fingerprint density at radius 1 is 0.897 bits per heavy atom. The fourth-order valence-electron chi connectivity index (χ4n) is 5.71. The molecular formula is C29H41FN2O7. The second-order valence-corrected chi connectivity index (χ2v) is 11.7. The van der Waals surface area contributed by atoms with Gasteiger partial charge < -0.3 is 23.8 Å². The van der Waals surface area contributed by atoms with E-state index in [0.29, 0.717) is 37.7 Å². The van der Waals surface area contributed by atoms with Crippen LogP contribution in [0.5, 0.6) is 0 Å². The zero-order valence-electron chi connectivity index (χ0n) is 23.6. The van der Waals surface area contributed by atoms with Crippen LogP contribution in [-0.2, 0) is 18.9 Å². The first-order valence-corrected chi connectivity index (χ1v) is 13.8. The summed E-state index contributed by atoms with van der Waals surface area (Å²) in [7, 11) is 2.49. The first-order chi connectivity index (χ1) is 18.5. The molecular weight excluding hydrogens is 507 g/mol. The number of halogens is 1. The summed E-state index contributed by atoms with van der Waals surface area (Å²) >= 11 is 0. The fourth-order valence-corrected chi connectivity index (χ4v) is 5.71. The SMILES string of the molecule is COC(=O)c1ccc([C@@H]2CCN([C@H]3C[C@H](OC4CCN(C(=O)OC(C)(C)C)CC4)C3)C[C@@H]2F)cc1C(=O)OC. The van der Waals surface area contributed by atoms with Crippen molar-refractivity contribution in [2.24, 2.45) is 0 Å². The van der Waals surface area contributed by atoms with E-state index in [1.54, 1.807) is 17.0 Å². The van der Waals surface area contributed by atoms with Crippen molar-refractivity contribution >= 4 is 18.0 Å². The number of carbonyl (C=O) groups is 3. The highest BCUT2D eigenvalue weighted by Gasteiger charge is 2.41. The van der Waals surface area contributed by atoms with E-state index in [0.717, 1.165) is 32.2 Å². The normalized spacial score (nSPS) is 26.5. The lowest BCUT2D eigenvalue weighted by Gasteiger charge is -2.47. The van der Waals surface area contributed by atoms with Crippen molar-refractivity contribution in [3.05, 3.63) is 34.9 Å². The van der Waals surface area contributed by atoms with Gasteiger partial charge in [-0.1, -0.05) is 6.07 Å². The Bertz CT molecular complexity index is 1040. The van der Waals surface area contributed by atoms with Crippen molar-refractivity contribution < 1.29 is 37.7 Å². The molecule has 1 amide bonds. The summed E-state index contributed by atoms with van der Waals surface area (Å²) in [6.45, 7) is 7.94. The monoisotopic (exact) mass is 548 g/mol. The first-order valence-electron chi connectivity index (χ1n) is 13.8. The van der Waals surface area contributed by atoms with E-state index < -0.39 is 23.7 Å². The molecule has 0 unspecified atom stereocenters. The van der Waals surface area contributed by atoms with Crippen LogP contribution in [0.4, 0.5) is 9.18 Å². The number of benzene rings is 1. The Kier molecular flexibility index (Phi) is 9.16. The predicted octanol–water partition coefficient (Wildman–Crippen LogP) is 4.33. The van der Waals surface area contributed by atoms with Crippen molar-refractivity contribution in [2.75, 3.05) is 40.4 Å². The number of esters is 2. The number of carbonyl (C=O) groups excluding carboxylic acids is 3. The van der Waals surface area contributed by atoms with Gasteiger partial charge in [0, 0.05) is 31.6 Å². The minimum atomic E-state index is -1.09. The third-order valence-electron chi connectivity index (χ3n) is 7.92. The lowest BCUT2D eigenvalue weighted by atomic mass is 9.82. The third kappa shape index (κ3) is 7.08. The van der Waals surface area contributed by atoms with Crippen molar-refractivity contribution in [3.63, 3.8) is 0 Å². The summed E-state index contributed by atoms with van der Waals surface area (Å²) in [4.78, 5) is 40.5. The minimum Gasteiger partial charge on any atom is -0.465 e. The van der Waals surface area contributed by atoms with Gasteiger partial charge >= 0.3 is 18.0 Å². The van der Waals surface area contributed by atoms with Gasteiger partial charge in [-0.3, -0.25) is 4.90 Å². The van der Waals surface area contributed by atoms with Gasteiger partial charge in [0.05, 0.1) is 37.6 Å². The number of nitrogens with zero attached hydrogens (tertiary/aromatic N) is 2. The maximum absolute atomic E-state index is 15.4. The molecule has 0 N–H and O–H groups in total. The van der Waals surface area contributed by atoms with E-state index in [-0.39, 0.29) is 35.3 Å². The largest absolute Gasteiger partial charge is 0.465 e. The molecule has 216 valence electrons. The molecule has 10 heteroatoms. The summed E-state index contributed by atoms with van der Waals surface area (Å²) in [5, 5.41) is 0. The second-order valence-electron chi connectivity index (χ2n) is 11.7. The molecule has 0 bridgehead atoms. The number of ether oxygens (including phenoxy) is 4. The van der Waals surface area contributed by atoms with E-state index >= 15 is 4.39 Å². The lowest BCUT2D eigenvalue weighted by Crippen LogP contribution is -2.54. The van der Waals surface area contributed by atoms with Gasteiger partial charge in [-0.15, -0.1) is 0 Å². The van der Waals surface area contributed by atoms with E-state index in [1.165, 1.54) is 20.3 Å². The van der Waals surface area contributed by atoms with Crippen LogP contribution < -0.4 is 0 Å². The molecule has 4 rings (SSSR count). The molecule has 9 nitrogen and oxygen atoms in total. The smallest absolute Gasteiger partial charge is 0.410 e. The highest BCUT2D eigenvalue weighted by molar-refractivity contribution is 6.03. The zero-order chi connectivity index (χ0) is 28.3. The van der Waals surface area contributed by atoms with Gasteiger partial charge in [-0.2, -0.15) is 0 Å².